The molecule has 0 atom stereocenters. The Hall–Kier alpha value is -5.15. The summed E-state index contributed by atoms with van der Waals surface area (Å²) in [5, 5.41) is 15.0. The van der Waals surface area contributed by atoms with Gasteiger partial charge < -0.3 is 10.6 Å². The fourth-order valence-electron chi connectivity index (χ4n) is 3.20. The number of pyridine rings is 2. The molecule has 0 unspecified atom stereocenters. The van der Waals surface area contributed by atoms with E-state index in [0.717, 1.165) is 22.7 Å². The van der Waals surface area contributed by atoms with E-state index >= 15 is 0 Å². The first-order valence-corrected chi connectivity index (χ1v) is 12.1. The number of anilines is 2. The smallest absolute Gasteiger partial charge is 0.270 e. The second-order valence-corrected chi connectivity index (χ2v) is 8.71. The molecule has 0 saturated carbocycles. The number of nitriles is 1. The second-order valence-electron chi connectivity index (χ2n) is 7.96. The molecule has 4 rings (SSSR count). The lowest BCUT2D eigenvalue weighted by atomic mass is 10.2. The third kappa shape index (κ3) is 6.74. The Morgan fingerprint density at radius 1 is 1.21 bits per heavy atom. The van der Waals surface area contributed by atoms with Gasteiger partial charge in [0.1, 0.15) is 17.6 Å². The zero-order valence-electron chi connectivity index (χ0n) is 20.6. The van der Waals surface area contributed by atoms with Crippen LogP contribution in [-0.2, 0) is 0 Å². The number of hydrogen-bond acceptors (Lipinski definition) is 11. The third-order valence-electron chi connectivity index (χ3n) is 5.05. The van der Waals surface area contributed by atoms with Crippen molar-refractivity contribution in [3.63, 3.8) is 0 Å². The predicted molar refractivity (Wildman–Crippen MR) is 146 cm³/mol. The quantitative estimate of drug-likeness (QED) is 0.244. The van der Waals surface area contributed by atoms with E-state index in [1.165, 1.54) is 0 Å². The minimum Gasteiger partial charge on any atom is -0.347 e. The molecule has 0 aromatic carbocycles. The Kier molecular flexibility index (Phi) is 8.32. The molecule has 2 N–H and O–H groups in total. The van der Waals surface area contributed by atoms with Crippen LogP contribution in [0, 0.1) is 18.3 Å². The molecule has 0 aliphatic carbocycles. The molecule has 0 bridgehead atoms. The van der Waals surface area contributed by atoms with Gasteiger partial charge in [-0.25, -0.2) is 9.97 Å². The molecule has 1 amide bonds. The molecule has 0 saturated heterocycles. The Morgan fingerprint density at radius 2 is 2.08 bits per heavy atom. The highest BCUT2D eigenvalue weighted by atomic mass is 32.1. The van der Waals surface area contributed by atoms with Crippen molar-refractivity contribution in [3.8, 4) is 17.5 Å². The van der Waals surface area contributed by atoms with Crippen LogP contribution in [0.3, 0.4) is 0 Å². The lowest BCUT2D eigenvalue weighted by Gasteiger charge is -2.08. The molecule has 12 heteroatoms. The lowest BCUT2D eigenvalue weighted by molar-refractivity contribution is 0.0952. The number of hydrogen-bond donors (Lipinski definition) is 2. The van der Waals surface area contributed by atoms with Crippen LogP contribution in [-0.4, -0.2) is 48.5 Å². The number of nitrogens with one attached hydrogen (secondary N) is 2. The monoisotopic (exact) mass is 522 g/mol. The topological polar surface area (TPSA) is 155 Å². The summed E-state index contributed by atoms with van der Waals surface area (Å²) in [5.41, 5.74) is 4.08. The van der Waals surface area contributed by atoms with Gasteiger partial charge in [-0.15, -0.1) is 0 Å². The fourth-order valence-corrected chi connectivity index (χ4v) is 3.63. The van der Waals surface area contributed by atoms with Crippen LogP contribution in [0.2, 0.25) is 0 Å². The van der Waals surface area contributed by atoms with Crippen LogP contribution < -0.4 is 10.6 Å². The van der Waals surface area contributed by atoms with Crippen LogP contribution in [0.1, 0.15) is 33.7 Å². The highest BCUT2D eigenvalue weighted by molar-refractivity contribution is 7.06. The molecule has 0 radical (unpaired) electrons. The molecule has 188 valence electrons. The molecule has 4 aromatic heterocycles. The van der Waals surface area contributed by atoms with Gasteiger partial charge in [-0.1, -0.05) is 11.6 Å². The van der Waals surface area contributed by atoms with Crippen molar-refractivity contribution in [1.29, 1.82) is 5.26 Å². The number of allylic oxidation sites excluding steroid dienone is 2. The van der Waals surface area contributed by atoms with Gasteiger partial charge in [-0.3, -0.25) is 19.8 Å². The molecular weight excluding hydrogens is 500 g/mol. The van der Waals surface area contributed by atoms with Gasteiger partial charge in [0, 0.05) is 48.0 Å². The van der Waals surface area contributed by atoms with E-state index in [-0.39, 0.29) is 22.6 Å². The fraction of sp³-hybridized carbons (Fsp3) is 0.115. The van der Waals surface area contributed by atoms with Gasteiger partial charge >= 0.3 is 0 Å². The van der Waals surface area contributed by atoms with E-state index < -0.39 is 0 Å². The normalized spacial score (nSPS) is 11.5. The molecule has 4 aromatic rings. The number of carbonyl (C=O) groups is 1. The summed E-state index contributed by atoms with van der Waals surface area (Å²) in [4.78, 5) is 38.0. The summed E-state index contributed by atoms with van der Waals surface area (Å²) in [5.74, 6) is 0.882. The van der Waals surface area contributed by atoms with E-state index in [9.17, 15) is 4.79 Å². The maximum absolute atomic E-state index is 12.6. The minimum atomic E-state index is -0.307. The summed E-state index contributed by atoms with van der Waals surface area (Å²) >= 11 is 0.996. The zero-order valence-corrected chi connectivity index (χ0v) is 21.4. The predicted octanol–water partition coefficient (Wildman–Crippen LogP) is 4.13. The Balaban J connectivity index is 1.40. The van der Waals surface area contributed by atoms with Crippen LogP contribution >= 0.6 is 11.5 Å². The average Bonchev–Trinajstić information content (AvgIpc) is 3.40. The number of carbonyl (C=O) groups excluding carboxylic acids is 1. The number of nitrogens with zero attached hydrogens (tertiary/aromatic N) is 8. The van der Waals surface area contributed by atoms with Crippen molar-refractivity contribution in [2.75, 3.05) is 11.9 Å². The molecule has 0 aliphatic heterocycles. The molecule has 0 fully saturated rings. The van der Waals surface area contributed by atoms with Crippen molar-refractivity contribution in [1.82, 2.24) is 34.6 Å². The van der Waals surface area contributed by atoms with Crippen molar-refractivity contribution in [3.05, 3.63) is 88.6 Å². The molecule has 0 spiro atoms. The van der Waals surface area contributed by atoms with Gasteiger partial charge in [0.05, 0.1) is 5.70 Å². The van der Waals surface area contributed by atoms with Crippen molar-refractivity contribution < 1.29 is 4.79 Å². The van der Waals surface area contributed by atoms with Crippen LogP contribution in [0.15, 0.2) is 71.6 Å². The highest BCUT2D eigenvalue weighted by Gasteiger charge is 2.11. The van der Waals surface area contributed by atoms with Crippen molar-refractivity contribution >= 4 is 41.6 Å². The van der Waals surface area contributed by atoms with E-state index in [1.54, 1.807) is 36.8 Å². The SMILES string of the molecule is C=N/C(=C\C=C(/C)CNC(=O)c1ccc(-c2nc(C)cc(Nc3nsc(C#N)n3)n2)cn1)c1cccnc1. The van der Waals surface area contributed by atoms with Gasteiger partial charge in [0.15, 0.2) is 5.82 Å². The highest BCUT2D eigenvalue weighted by Crippen LogP contribution is 2.20. The van der Waals surface area contributed by atoms with Crippen molar-refractivity contribution in [2.24, 2.45) is 4.99 Å². The van der Waals surface area contributed by atoms with Gasteiger partial charge in [0.2, 0.25) is 11.0 Å². The maximum atomic E-state index is 12.6. The maximum Gasteiger partial charge on any atom is 0.270 e. The van der Waals surface area contributed by atoms with E-state index in [1.807, 2.05) is 44.2 Å². The largest absolute Gasteiger partial charge is 0.347 e. The summed E-state index contributed by atoms with van der Waals surface area (Å²) < 4.78 is 4.08. The first-order chi connectivity index (χ1) is 18.4. The van der Waals surface area contributed by atoms with Gasteiger partial charge in [-0.05, 0) is 62.4 Å². The Labute approximate surface area is 223 Å². The molecule has 4 heterocycles. The average molecular weight is 523 g/mol. The van der Waals surface area contributed by atoms with E-state index in [2.05, 4.69) is 51.6 Å². The molecule has 0 aliphatic rings. The number of aryl methyl sites for hydroxylation is 1. The standard InChI is InChI=1S/C26H22N10OS/c1-16(6-8-20(28-3)18-5-4-10-29-14-18)13-31-25(37)21-9-7-19(15-30-21)24-32-17(2)11-22(33-24)34-26-35-23(12-27)38-36-26/h4-11,14-15H,3,13H2,1-2H3,(H,31,37)(H,32,33,34,36)/b16-6+,20-8-. The van der Waals surface area contributed by atoms with E-state index in [4.69, 9.17) is 5.26 Å². The van der Waals surface area contributed by atoms with Gasteiger partial charge in [0.25, 0.3) is 5.91 Å². The lowest BCUT2D eigenvalue weighted by Crippen LogP contribution is -2.25. The summed E-state index contributed by atoms with van der Waals surface area (Å²) in [6, 6.07) is 10.8. The summed E-state index contributed by atoms with van der Waals surface area (Å²) in [6.07, 6.45) is 8.65. The Morgan fingerprint density at radius 3 is 2.76 bits per heavy atom. The summed E-state index contributed by atoms with van der Waals surface area (Å²) in [6.45, 7) is 7.68. The minimum absolute atomic E-state index is 0.252. The molecule has 11 nitrogen and oxygen atoms in total. The Bertz CT molecular complexity index is 1550. The van der Waals surface area contributed by atoms with Crippen molar-refractivity contribution in [2.45, 2.75) is 13.8 Å². The van der Waals surface area contributed by atoms with E-state index in [0.29, 0.717) is 35.1 Å². The zero-order chi connectivity index (χ0) is 26.9. The first-order valence-electron chi connectivity index (χ1n) is 11.3. The number of rotatable bonds is 9. The second kappa shape index (κ2) is 12.2. The number of amides is 1. The van der Waals surface area contributed by atoms with Crippen LogP contribution in [0.5, 0.6) is 0 Å². The number of aliphatic imine (C=N–C) groups is 1. The number of aromatic nitrogens is 6. The first kappa shape index (κ1) is 25.9. The summed E-state index contributed by atoms with van der Waals surface area (Å²) in [7, 11) is 0. The third-order valence-corrected chi connectivity index (χ3v) is 5.67. The van der Waals surface area contributed by atoms with Gasteiger partial charge in [-0.2, -0.15) is 14.6 Å². The molecular formula is C26H22N10OS. The molecule has 38 heavy (non-hydrogen) atoms. The van der Waals surface area contributed by atoms with Crippen LogP contribution in [0.4, 0.5) is 11.8 Å². The van der Waals surface area contributed by atoms with Crippen LogP contribution in [0.25, 0.3) is 17.1 Å².